The van der Waals surface area contributed by atoms with E-state index in [1.807, 2.05) is 24.3 Å². The number of ether oxygens (including phenoxy) is 1. The molecule has 112 valence electrons. The second kappa shape index (κ2) is 6.78. The Labute approximate surface area is 122 Å². The minimum atomic E-state index is -0.428. The fourth-order valence-electron chi connectivity index (χ4n) is 1.90. The summed E-state index contributed by atoms with van der Waals surface area (Å²) >= 11 is 0. The third-order valence-corrected chi connectivity index (χ3v) is 3.08. The molecule has 0 aliphatic carbocycles. The first kappa shape index (κ1) is 14.9. The van der Waals surface area contributed by atoms with Crippen LogP contribution in [-0.2, 0) is 6.42 Å². The van der Waals surface area contributed by atoms with E-state index in [1.54, 1.807) is 0 Å². The van der Waals surface area contributed by atoms with Crippen molar-refractivity contribution in [2.45, 2.75) is 26.2 Å². The Balaban J connectivity index is 2.09. The van der Waals surface area contributed by atoms with Gasteiger partial charge in [-0.05, 0) is 24.1 Å². The predicted molar refractivity (Wildman–Crippen MR) is 80.6 cm³/mol. The summed E-state index contributed by atoms with van der Waals surface area (Å²) < 4.78 is 5.57. The predicted octanol–water partition coefficient (Wildman–Crippen LogP) is 1.83. The Bertz CT molecular complexity index is 650. The summed E-state index contributed by atoms with van der Waals surface area (Å²) in [7, 11) is 0. The lowest BCUT2D eigenvalue weighted by atomic mass is 10.1. The normalized spacial score (nSPS) is 10.5. The third-order valence-electron chi connectivity index (χ3n) is 3.08. The molecule has 0 aliphatic heterocycles. The number of nitrogens with one attached hydrogen (secondary N) is 1. The molecule has 1 aromatic carbocycles. The fraction of sp³-hybridized carbons (Fsp3) is 0.333. The summed E-state index contributed by atoms with van der Waals surface area (Å²) in [5.41, 5.74) is 6.01. The van der Waals surface area contributed by atoms with Crippen molar-refractivity contribution < 1.29 is 9.84 Å². The van der Waals surface area contributed by atoms with E-state index in [2.05, 4.69) is 16.9 Å². The molecule has 2 aromatic rings. The van der Waals surface area contributed by atoms with Crippen LogP contribution in [0.25, 0.3) is 0 Å². The molecule has 0 fully saturated rings. The van der Waals surface area contributed by atoms with Gasteiger partial charge in [-0.2, -0.15) is 4.98 Å². The molecule has 1 heterocycles. The first-order valence-electron chi connectivity index (χ1n) is 6.89. The van der Waals surface area contributed by atoms with Gasteiger partial charge in [0, 0.05) is 6.42 Å². The molecular weight excluding hydrogens is 270 g/mol. The Kier molecular flexibility index (Phi) is 4.81. The summed E-state index contributed by atoms with van der Waals surface area (Å²) in [4.78, 5) is 17.8. The van der Waals surface area contributed by atoms with Gasteiger partial charge in [0.2, 0.25) is 11.8 Å². The fourth-order valence-corrected chi connectivity index (χ4v) is 1.90. The van der Waals surface area contributed by atoms with Crippen molar-refractivity contribution in [3.8, 4) is 11.6 Å². The zero-order chi connectivity index (χ0) is 15.2. The van der Waals surface area contributed by atoms with Gasteiger partial charge in [0.1, 0.15) is 5.75 Å². The zero-order valence-electron chi connectivity index (χ0n) is 11.9. The van der Waals surface area contributed by atoms with Crippen LogP contribution in [0.4, 0.5) is 5.95 Å². The van der Waals surface area contributed by atoms with Crippen molar-refractivity contribution in [2.75, 3.05) is 12.3 Å². The molecule has 0 bridgehead atoms. The topological polar surface area (TPSA) is 101 Å². The average Bonchev–Trinajstić information content (AvgIpc) is 2.44. The van der Waals surface area contributed by atoms with E-state index in [0.29, 0.717) is 6.61 Å². The quantitative estimate of drug-likeness (QED) is 0.704. The molecule has 0 spiro atoms. The highest BCUT2D eigenvalue weighted by Crippen LogP contribution is 2.18. The minimum absolute atomic E-state index is 0.0964. The lowest BCUT2D eigenvalue weighted by molar-refractivity contribution is 0.309. The first-order valence-corrected chi connectivity index (χ1v) is 6.89. The van der Waals surface area contributed by atoms with Gasteiger partial charge < -0.3 is 15.6 Å². The number of hydrogen-bond donors (Lipinski definition) is 3. The van der Waals surface area contributed by atoms with Crippen molar-refractivity contribution in [2.24, 2.45) is 0 Å². The van der Waals surface area contributed by atoms with E-state index < -0.39 is 5.56 Å². The van der Waals surface area contributed by atoms with E-state index >= 15 is 0 Å². The molecule has 4 N–H and O–H groups in total. The molecule has 0 aliphatic rings. The molecule has 1 aromatic heterocycles. The molecule has 0 saturated heterocycles. The number of unbranched alkanes of at least 4 members (excludes halogenated alkanes) is 1. The van der Waals surface area contributed by atoms with Crippen LogP contribution in [0.1, 0.15) is 30.9 Å². The molecular formula is C15H19N3O3. The first-order chi connectivity index (χ1) is 10.1. The van der Waals surface area contributed by atoms with E-state index in [4.69, 9.17) is 10.5 Å². The van der Waals surface area contributed by atoms with Gasteiger partial charge >= 0.3 is 0 Å². The zero-order valence-corrected chi connectivity index (χ0v) is 11.9. The second-order valence-corrected chi connectivity index (χ2v) is 4.78. The number of nitrogens with zero attached hydrogens (tertiary/aromatic N) is 1. The Morgan fingerprint density at radius 1 is 1.33 bits per heavy atom. The highest BCUT2D eigenvalue weighted by Gasteiger charge is 2.10. The van der Waals surface area contributed by atoms with Crippen LogP contribution in [-0.4, -0.2) is 21.7 Å². The van der Waals surface area contributed by atoms with E-state index in [0.717, 1.165) is 24.2 Å². The van der Waals surface area contributed by atoms with Gasteiger partial charge in [-0.15, -0.1) is 0 Å². The summed E-state index contributed by atoms with van der Waals surface area (Å²) in [5.74, 6) is 0.362. The number of nitrogens with two attached hydrogens (primary N) is 1. The van der Waals surface area contributed by atoms with Crippen LogP contribution in [0.5, 0.6) is 11.6 Å². The maximum absolute atomic E-state index is 11.7. The van der Waals surface area contributed by atoms with Gasteiger partial charge in [-0.3, -0.25) is 9.78 Å². The van der Waals surface area contributed by atoms with Gasteiger partial charge in [0.25, 0.3) is 5.56 Å². The number of aromatic nitrogens is 2. The molecule has 6 nitrogen and oxygen atoms in total. The molecule has 0 saturated carbocycles. The molecule has 6 heteroatoms. The van der Waals surface area contributed by atoms with Crippen LogP contribution in [0, 0.1) is 0 Å². The van der Waals surface area contributed by atoms with Crippen LogP contribution in [0.3, 0.4) is 0 Å². The number of benzene rings is 1. The number of H-pyrrole nitrogens is 1. The van der Waals surface area contributed by atoms with Crippen molar-refractivity contribution in [3.63, 3.8) is 0 Å². The van der Waals surface area contributed by atoms with Gasteiger partial charge in [-0.1, -0.05) is 25.5 Å². The third kappa shape index (κ3) is 3.98. The molecule has 0 radical (unpaired) electrons. The van der Waals surface area contributed by atoms with Crippen LogP contribution in [0.2, 0.25) is 0 Å². The number of aromatic amines is 1. The van der Waals surface area contributed by atoms with Gasteiger partial charge in [0.15, 0.2) is 0 Å². The summed E-state index contributed by atoms with van der Waals surface area (Å²) in [6.07, 6.45) is 2.38. The Morgan fingerprint density at radius 3 is 2.67 bits per heavy atom. The van der Waals surface area contributed by atoms with Gasteiger partial charge in [0.05, 0.1) is 12.2 Å². The molecule has 0 atom stereocenters. The molecule has 0 unspecified atom stereocenters. The van der Waals surface area contributed by atoms with Crippen molar-refractivity contribution in [1.82, 2.24) is 9.97 Å². The van der Waals surface area contributed by atoms with Crippen LogP contribution in [0.15, 0.2) is 29.1 Å². The highest BCUT2D eigenvalue weighted by molar-refractivity contribution is 5.35. The van der Waals surface area contributed by atoms with Crippen molar-refractivity contribution in [3.05, 3.63) is 45.7 Å². The summed E-state index contributed by atoms with van der Waals surface area (Å²) in [5, 5.41) is 9.70. The Hall–Kier alpha value is -2.50. The van der Waals surface area contributed by atoms with Gasteiger partial charge in [-0.25, -0.2) is 0 Å². The van der Waals surface area contributed by atoms with E-state index in [9.17, 15) is 9.90 Å². The van der Waals surface area contributed by atoms with E-state index in [1.165, 1.54) is 0 Å². The average molecular weight is 289 g/mol. The standard InChI is InChI=1S/C15H19N3O3/c1-2-3-8-21-11-6-4-10(5-7-11)9-12-13(19)17-15(16)18-14(12)20/h4-7H,2-3,8-9H2,1H3,(H4,16,17,18,19,20). The number of hydrogen-bond acceptors (Lipinski definition) is 5. The smallest absolute Gasteiger partial charge is 0.259 e. The minimum Gasteiger partial charge on any atom is -0.494 e. The second-order valence-electron chi connectivity index (χ2n) is 4.78. The van der Waals surface area contributed by atoms with E-state index in [-0.39, 0.29) is 23.8 Å². The molecule has 0 amide bonds. The maximum atomic E-state index is 11.7. The Morgan fingerprint density at radius 2 is 2.05 bits per heavy atom. The molecule has 21 heavy (non-hydrogen) atoms. The number of anilines is 1. The number of nitrogen functional groups attached to an aromatic ring is 1. The summed E-state index contributed by atoms with van der Waals surface area (Å²) in [6, 6.07) is 7.41. The van der Waals surface area contributed by atoms with Crippen molar-refractivity contribution in [1.29, 1.82) is 0 Å². The van der Waals surface area contributed by atoms with Crippen LogP contribution < -0.4 is 16.0 Å². The maximum Gasteiger partial charge on any atom is 0.259 e. The highest BCUT2D eigenvalue weighted by atomic mass is 16.5. The monoisotopic (exact) mass is 289 g/mol. The number of rotatable bonds is 6. The number of aromatic hydroxyl groups is 1. The lowest BCUT2D eigenvalue weighted by Crippen LogP contribution is -2.16. The van der Waals surface area contributed by atoms with Crippen molar-refractivity contribution >= 4 is 5.95 Å². The van der Waals surface area contributed by atoms with Crippen LogP contribution >= 0.6 is 0 Å². The SMILES string of the molecule is CCCCOc1ccc(Cc2c(O)nc(N)[nH]c2=O)cc1. The molecule has 2 rings (SSSR count). The summed E-state index contributed by atoms with van der Waals surface area (Å²) in [6.45, 7) is 2.80. The lowest BCUT2D eigenvalue weighted by Gasteiger charge is -2.07. The largest absolute Gasteiger partial charge is 0.494 e.